The van der Waals surface area contributed by atoms with Gasteiger partial charge in [0, 0.05) is 36.7 Å². The van der Waals surface area contributed by atoms with Gasteiger partial charge in [0.05, 0.1) is 13.2 Å². The molecule has 2 amide bonds. The molecule has 0 fully saturated rings. The molecule has 0 atom stereocenters. The smallest absolute Gasteiger partial charge is 0.251 e. The van der Waals surface area contributed by atoms with Crippen molar-refractivity contribution in [1.82, 2.24) is 5.32 Å². The molecule has 1 heterocycles. The average Bonchev–Trinajstić information content (AvgIpc) is 2.87. The lowest BCUT2D eigenvalue weighted by atomic mass is 10.2. The second-order valence-corrected chi connectivity index (χ2v) is 5.63. The van der Waals surface area contributed by atoms with Crippen molar-refractivity contribution in [3.8, 4) is 11.5 Å². The van der Waals surface area contributed by atoms with Crippen molar-refractivity contribution in [2.24, 2.45) is 0 Å². The highest BCUT2D eigenvalue weighted by Gasteiger charge is 2.12. The number of anilines is 1. The van der Waals surface area contributed by atoms with Crippen molar-refractivity contribution in [2.45, 2.75) is 12.8 Å². The molecular weight excluding hydrogens is 320 g/mol. The third kappa shape index (κ3) is 4.73. The van der Waals surface area contributed by atoms with E-state index < -0.39 is 0 Å². The highest BCUT2D eigenvalue weighted by Crippen LogP contribution is 2.32. The van der Waals surface area contributed by atoms with E-state index in [1.165, 1.54) is 0 Å². The Balaban J connectivity index is 1.48. The van der Waals surface area contributed by atoms with E-state index in [9.17, 15) is 9.59 Å². The Hall–Kier alpha value is -3.02. The topological polar surface area (TPSA) is 76.7 Å². The molecule has 1 aliphatic rings. The molecule has 0 radical (unpaired) electrons. The third-order valence-electron chi connectivity index (χ3n) is 3.70. The number of rotatable bonds is 5. The highest BCUT2D eigenvalue weighted by atomic mass is 16.5. The van der Waals surface area contributed by atoms with Gasteiger partial charge in [0.1, 0.15) is 0 Å². The van der Waals surface area contributed by atoms with Crippen molar-refractivity contribution in [3.05, 3.63) is 54.1 Å². The Morgan fingerprint density at radius 2 is 1.72 bits per heavy atom. The van der Waals surface area contributed by atoms with E-state index in [0.29, 0.717) is 36.0 Å². The summed E-state index contributed by atoms with van der Waals surface area (Å²) in [5, 5.41) is 5.53. The summed E-state index contributed by atoms with van der Waals surface area (Å²) in [6.07, 6.45) is 1.02. The second kappa shape index (κ2) is 8.19. The number of carbonyl (C=O) groups is 2. The van der Waals surface area contributed by atoms with Gasteiger partial charge in [-0.05, 0) is 24.3 Å². The number of benzene rings is 2. The molecule has 2 aromatic carbocycles. The monoisotopic (exact) mass is 340 g/mol. The SMILES string of the molecule is O=C(CCNC(=O)c1ccccc1)Nc1ccc2c(c1)OCCCO2. The van der Waals surface area contributed by atoms with Crippen LogP contribution in [0.15, 0.2) is 48.5 Å². The number of amides is 2. The zero-order valence-electron chi connectivity index (χ0n) is 13.8. The lowest BCUT2D eigenvalue weighted by Crippen LogP contribution is -2.27. The second-order valence-electron chi connectivity index (χ2n) is 5.63. The molecule has 6 heteroatoms. The Morgan fingerprint density at radius 3 is 2.52 bits per heavy atom. The van der Waals surface area contributed by atoms with Crippen molar-refractivity contribution < 1.29 is 19.1 Å². The minimum Gasteiger partial charge on any atom is -0.490 e. The van der Waals surface area contributed by atoms with Gasteiger partial charge in [0.15, 0.2) is 11.5 Å². The van der Waals surface area contributed by atoms with Gasteiger partial charge in [-0.2, -0.15) is 0 Å². The van der Waals surface area contributed by atoms with Crippen LogP contribution in [0.1, 0.15) is 23.2 Å². The summed E-state index contributed by atoms with van der Waals surface area (Å²) >= 11 is 0. The molecule has 1 aliphatic heterocycles. The number of hydrogen-bond acceptors (Lipinski definition) is 4. The molecule has 0 aliphatic carbocycles. The summed E-state index contributed by atoms with van der Waals surface area (Å²) < 4.78 is 11.2. The maximum Gasteiger partial charge on any atom is 0.251 e. The van der Waals surface area contributed by atoms with E-state index in [2.05, 4.69) is 10.6 Å². The predicted molar refractivity (Wildman–Crippen MR) is 94.1 cm³/mol. The van der Waals surface area contributed by atoms with Crippen LogP contribution >= 0.6 is 0 Å². The first kappa shape index (κ1) is 16.8. The van der Waals surface area contributed by atoms with Gasteiger partial charge in [0.25, 0.3) is 5.91 Å². The van der Waals surface area contributed by atoms with Crippen LogP contribution in [0.3, 0.4) is 0 Å². The first-order valence-corrected chi connectivity index (χ1v) is 8.25. The molecule has 0 bridgehead atoms. The zero-order valence-corrected chi connectivity index (χ0v) is 13.8. The summed E-state index contributed by atoms with van der Waals surface area (Å²) in [4.78, 5) is 23.9. The lowest BCUT2D eigenvalue weighted by Gasteiger charge is -2.10. The molecule has 130 valence electrons. The molecular formula is C19H20N2O4. The van der Waals surface area contributed by atoms with Crippen LogP contribution in [0.25, 0.3) is 0 Å². The van der Waals surface area contributed by atoms with Crippen LogP contribution in [0.5, 0.6) is 11.5 Å². The summed E-state index contributed by atoms with van der Waals surface area (Å²) in [5.74, 6) is 0.949. The number of hydrogen-bond donors (Lipinski definition) is 2. The molecule has 25 heavy (non-hydrogen) atoms. The molecule has 0 spiro atoms. The molecule has 0 saturated carbocycles. The lowest BCUT2D eigenvalue weighted by molar-refractivity contribution is -0.116. The van der Waals surface area contributed by atoms with E-state index in [0.717, 1.165) is 6.42 Å². The normalized spacial score (nSPS) is 12.8. The third-order valence-corrected chi connectivity index (χ3v) is 3.70. The van der Waals surface area contributed by atoms with Crippen molar-refractivity contribution in [1.29, 1.82) is 0 Å². The van der Waals surface area contributed by atoms with Crippen LogP contribution in [0.2, 0.25) is 0 Å². The van der Waals surface area contributed by atoms with E-state index in [1.807, 2.05) is 6.07 Å². The van der Waals surface area contributed by atoms with Crippen molar-refractivity contribution >= 4 is 17.5 Å². The first-order chi connectivity index (χ1) is 12.2. The fourth-order valence-electron chi connectivity index (χ4n) is 2.45. The van der Waals surface area contributed by atoms with Crippen LogP contribution < -0.4 is 20.1 Å². The maximum absolute atomic E-state index is 12.0. The Bertz CT molecular complexity index is 746. The van der Waals surface area contributed by atoms with E-state index in [-0.39, 0.29) is 24.8 Å². The Kier molecular flexibility index (Phi) is 5.51. The van der Waals surface area contributed by atoms with E-state index >= 15 is 0 Å². The number of fused-ring (bicyclic) bond motifs is 1. The maximum atomic E-state index is 12.0. The predicted octanol–water partition coefficient (Wildman–Crippen LogP) is 2.61. The minimum atomic E-state index is -0.191. The molecule has 3 rings (SSSR count). The van der Waals surface area contributed by atoms with Crippen molar-refractivity contribution in [3.63, 3.8) is 0 Å². The van der Waals surface area contributed by atoms with Crippen LogP contribution in [-0.2, 0) is 4.79 Å². The van der Waals surface area contributed by atoms with Crippen LogP contribution in [0, 0.1) is 0 Å². The molecule has 0 saturated heterocycles. The van der Waals surface area contributed by atoms with Gasteiger partial charge < -0.3 is 20.1 Å². The van der Waals surface area contributed by atoms with E-state index in [1.54, 1.807) is 42.5 Å². The summed E-state index contributed by atoms with van der Waals surface area (Å²) in [5.41, 5.74) is 1.22. The van der Waals surface area contributed by atoms with Crippen LogP contribution in [0.4, 0.5) is 5.69 Å². The number of ether oxygens (including phenoxy) is 2. The summed E-state index contributed by atoms with van der Waals surface area (Å²) in [6.45, 7) is 1.49. The molecule has 6 nitrogen and oxygen atoms in total. The fraction of sp³-hybridized carbons (Fsp3) is 0.263. The number of nitrogens with one attached hydrogen (secondary N) is 2. The molecule has 0 aromatic heterocycles. The molecule has 0 unspecified atom stereocenters. The summed E-state index contributed by atoms with van der Waals surface area (Å²) in [6, 6.07) is 14.2. The van der Waals surface area contributed by atoms with Crippen LogP contribution in [-0.4, -0.2) is 31.6 Å². The highest BCUT2D eigenvalue weighted by molar-refractivity contribution is 5.95. The quantitative estimate of drug-likeness (QED) is 0.877. The fourth-order valence-corrected chi connectivity index (χ4v) is 2.45. The first-order valence-electron chi connectivity index (χ1n) is 8.25. The van der Waals surface area contributed by atoms with Gasteiger partial charge in [0.2, 0.25) is 5.91 Å². The Morgan fingerprint density at radius 1 is 0.960 bits per heavy atom. The zero-order chi connectivity index (χ0) is 17.5. The molecule has 2 N–H and O–H groups in total. The van der Waals surface area contributed by atoms with Crippen molar-refractivity contribution in [2.75, 3.05) is 25.1 Å². The van der Waals surface area contributed by atoms with Gasteiger partial charge in [-0.15, -0.1) is 0 Å². The van der Waals surface area contributed by atoms with Gasteiger partial charge in [-0.1, -0.05) is 18.2 Å². The van der Waals surface area contributed by atoms with Gasteiger partial charge in [-0.25, -0.2) is 0 Å². The Labute approximate surface area is 146 Å². The van der Waals surface area contributed by atoms with Gasteiger partial charge in [-0.3, -0.25) is 9.59 Å². The van der Waals surface area contributed by atoms with Gasteiger partial charge >= 0.3 is 0 Å². The average molecular weight is 340 g/mol. The summed E-state index contributed by atoms with van der Waals surface area (Å²) in [7, 11) is 0. The minimum absolute atomic E-state index is 0.178. The standard InChI is InChI=1S/C19H20N2O4/c22-18(9-10-20-19(23)14-5-2-1-3-6-14)21-15-7-8-16-17(13-15)25-12-4-11-24-16/h1-3,5-8,13H,4,9-12H2,(H,20,23)(H,21,22). The van der Waals surface area contributed by atoms with E-state index in [4.69, 9.17) is 9.47 Å². The molecule has 2 aromatic rings. The largest absolute Gasteiger partial charge is 0.490 e. The number of carbonyl (C=O) groups excluding carboxylic acids is 2.